The molecular weight excluding hydrogens is 280 g/mol. The lowest BCUT2D eigenvalue weighted by atomic mass is 10.1. The Morgan fingerprint density at radius 1 is 0.955 bits per heavy atom. The van der Waals surface area contributed by atoms with Gasteiger partial charge in [-0.3, -0.25) is 10.1 Å². The van der Waals surface area contributed by atoms with Crippen LogP contribution >= 0.6 is 0 Å². The van der Waals surface area contributed by atoms with E-state index in [0.29, 0.717) is 17.5 Å². The number of H-pyrrole nitrogens is 1. The molecule has 1 aromatic carbocycles. The summed E-state index contributed by atoms with van der Waals surface area (Å²) >= 11 is 0. The summed E-state index contributed by atoms with van der Waals surface area (Å²) < 4.78 is 5.31. The second-order valence-electron chi connectivity index (χ2n) is 4.58. The lowest BCUT2D eigenvalue weighted by Crippen LogP contribution is -1.83. The summed E-state index contributed by atoms with van der Waals surface area (Å²) in [5.41, 5.74) is 2.59. The summed E-state index contributed by atoms with van der Waals surface area (Å²) in [5.74, 6) is 1.69. The van der Waals surface area contributed by atoms with Crippen molar-refractivity contribution in [2.75, 3.05) is 0 Å². The highest BCUT2D eigenvalue weighted by atomic mass is 16.5. The number of benzene rings is 1. The zero-order chi connectivity index (χ0) is 14.8. The monoisotopic (exact) mass is 290 g/mol. The van der Waals surface area contributed by atoms with Crippen molar-refractivity contribution in [2.45, 2.75) is 0 Å². The van der Waals surface area contributed by atoms with Crippen LogP contribution in [0.15, 0.2) is 59.6 Å². The van der Waals surface area contributed by atoms with E-state index < -0.39 is 0 Å². The molecule has 0 bridgehead atoms. The van der Waals surface area contributed by atoms with Gasteiger partial charge in [0.05, 0.1) is 0 Å². The summed E-state index contributed by atoms with van der Waals surface area (Å²) in [7, 11) is 0. The molecule has 22 heavy (non-hydrogen) atoms. The Balaban J connectivity index is 1.64. The molecule has 0 atom stereocenters. The summed E-state index contributed by atoms with van der Waals surface area (Å²) in [6.45, 7) is 0. The van der Waals surface area contributed by atoms with E-state index in [4.69, 9.17) is 4.52 Å². The number of rotatable bonds is 3. The summed E-state index contributed by atoms with van der Waals surface area (Å²) in [6.07, 6.45) is 4.87. The van der Waals surface area contributed by atoms with Gasteiger partial charge in [0.2, 0.25) is 5.82 Å². The van der Waals surface area contributed by atoms with Crippen LogP contribution in [0.4, 0.5) is 0 Å². The van der Waals surface area contributed by atoms with Crippen LogP contribution in [0.3, 0.4) is 0 Å². The second kappa shape index (κ2) is 5.21. The maximum Gasteiger partial charge on any atom is 0.258 e. The molecule has 0 radical (unpaired) electrons. The first-order valence-electron chi connectivity index (χ1n) is 6.60. The van der Waals surface area contributed by atoms with Crippen molar-refractivity contribution in [1.29, 1.82) is 0 Å². The molecule has 4 aromatic rings. The van der Waals surface area contributed by atoms with Crippen LogP contribution in [0.1, 0.15) is 0 Å². The first-order chi connectivity index (χ1) is 10.9. The molecule has 0 fully saturated rings. The fraction of sp³-hybridized carbons (Fsp3) is 0. The van der Waals surface area contributed by atoms with Gasteiger partial charge in [0.1, 0.15) is 6.33 Å². The van der Waals surface area contributed by atoms with Crippen LogP contribution in [0.25, 0.3) is 34.2 Å². The topological polar surface area (TPSA) is 93.4 Å². The molecule has 0 saturated carbocycles. The van der Waals surface area contributed by atoms with E-state index >= 15 is 0 Å². The Morgan fingerprint density at radius 3 is 2.55 bits per heavy atom. The van der Waals surface area contributed by atoms with Crippen molar-refractivity contribution in [2.24, 2.45) is 0 Å². The van der Waals surface area contributed by atoms with Gasteiger partial charge in [-0.15, -0.1) is 0 Å². The quantitative estimate of drug-likeness (QED) is 0.623. The number of aromatic amines is 1. The van der Waals surface area contributed by atoms with Crippen LogP contribution in [0, 0.1) is 0 Å². The van der Waals surface area contributed by atoms with Crippen molar-refractivity contribution in [3.05, 3.63) is 55.1 Å². The minimum absolute atomic E-state index is 0.461. The molecule has 7 heteroatoms. The molecule has 3 heterocycles. The van der Waals surface area contributed by atoms with E-state index in [1.54, 1.807) is 12.4 Å². The molecule has 1 N–H and O–H groups in total. The van der Waals surface area contributed by atoms with E-state index in [1.807, 2.05) is 36.4 Å². The highest BCUT2D eigenvalue weighted by molar-refractivity contribution is 5.63. The van der Waals surface area contributed by atoms with Gasteiger partial charge in [-0.1, -0.05) is 17.3 Å². The van der Waals surface area contributed by atoms with Crippen LogP contribution < -0.4 is 0 Å². The van der Waals surface area contributed by atoms with Gasteiger partial charge in [0.15, 0.2) is 5.82 Å². The SMILES string of the molecule is c1cncc(-c2noc(-c3ccc(-c4ncn[nH]4)cc3)n2)c1. The lowest BCUT2D eigenvalue weighted by Gasteiger charge is -1.97. The third kappa shape index (κ3) is 2.24. The van der Waals surface area contributed by atoms with Gasteiger partial charge in [0.25, 0.3) is 5.89 Å². The fourth-order valence-electron chi connectivity index (χ4n) is 2.07. The Hall–Kier alpha value is -3.35. The van der Waals surface area contributed by atoms with E-state index in [1.165, 1.54) is 6.33 Å². The van der Waals surface area contributed by atoms with Crippen molar-refractivity contribution < 1.29 is 4.52 Å². The second-order valence-corrected chi connectivity index (χ2v) is 4.58. The highest BCUT2D eigenvalue weighted by Crippen LogP contribution is 2.23. The molecular formula is C15H10N6O. The number of nitrogens with one attached hydrogen (secondary N) is 1. The molecule has 0 amide bonds. The van der Waals surface area contributed by atoms with Gasteiger partial charge < -0.3 is 4.52 Å². The zero-order valence-electron chi connectivity index (χ0n) is 11.3. The van der Waals surface area contributed by atoms with E-state index in [9.17, 15) is 0 Å². The van der Waals surface area contributed by atoms with Crippen molar-refractivity contribution >= 4 is 0 Å². The minimum Gasteiger partial charge on any atom is -0.334 e. The minimum atomic E-state index is 0.461. The van der Waals surface area contributed by atoms with E-state index in [0.717, 1.165) is 16.7 Å². The first kappa shape index (κ1) is 12.4. The predicted octanol–water partition coefficient (Wildman–Crippen LogP) is 2.58. The van der Waals surface area contributed by atoms with Gasteiger partial charge in [-0.2, -0.15) is 10.1 Å². The van der Waals surface area contributed by atoms with Gasteiger partial charge in [-0.25, -0.2) is 4.98 Å². The number of hydrogen-bond acceptors (Lipinski definition) is 6. The maximum absolute atomic E-state index is 5.31. The predicted molar refractivity (Wildman–Crippen MR) is 78.3 cm³/mol. The van der Waals surface area contributed by atoms with Crippen molar-refractivity contribution in [1.82, 2.24) is 30.3 Å². The Morgan fingerprint density at radius 2 is 1.82 bits per heavy atom. The van der Waals surface area contributed by atoms with Gasteiger partial charge >= 0.3 is 0 Å². The van der Waals surface area contributed by atoms with Crippen molar-refractivity contribution in [3.8, 4) is 34.2 Å². The zero-order valence-corrected chi connectivity index (χ0v) is 11.3. The Bertz CT molecular complexity index is 868. The Kier molecular flexibility index (Phi) is 2.93. The van der Waals surface area contributed by atoms with Gasteiger partial charge in [0, 0.05) is 29.1 Å². The molecule has 106 valence electrons. The standard InChI is InChI=1S/C15H10N6O/c1-2-12(8-16-7-1)14-19-15(22-21-14)11-5-3-10(4-6-11)13-17-9-18-20-13/h1-9H,(H,17,18,20). The normalized spacial score (nSPS) is 10.7. The van der Waals surface area contributed by atoms with Crippen LogP contribution in [0.5, 0.6) is 0 Å². The number of nitrogens with zero attached hydrogens (tertiary/aromatic N) is 5. The smallest absolute Gasteiger partial charge is 0.258 e. The highest BCUT2D eigenvalue weighted by Gasteiger charge is 2.11. The molecule has 0 unspecified atom stereocenters. The molecule has 0 aliphatic heterocycles. The first-order valence-corrected chi connectivity index (χ1v) is 6.60. The number of hydrogen-bond donors (Lipinski definition) is 1. The molecule has 4 rings (SSSR count). The summed E-state index contributed by atoms with van der Waals surface area (Å²) in [4.78, 5) is 12.5. The largest absolute Gasteiger partial charge is 0.334 e. The molecule has 3 aromatic heterocycles. The van der Waals surface area contributed by atoms with Crippen LogP contribution in [-0.4, -0.2) is 30.3 Å². The molecule has 0 spiro atoms. The van der Waals surface area contributed by atoms with E-state index in [2.05, 4.69) is 30.3 Å². The maximum atomic E-state index is 5.31. The summed E-state index contributed by atoms with van der Waals surface area (Å²) in [5, 5.41) is 10.6. The molecule has 0 aliphatic rings. The average Bonchev–Trinajstić information content (AvgIpc) is 3.28. The third-order valence-corrected chi connectivity index (χ3v) is 3.17. The number of aromatic nitrogens is 6. The third-order valence-electron chi connectivity index (χ3n) is 3.17. The Labute approximate surface area is 125 Å². The van der Waals surface area contributed by atoms with Crippen LogP contribution in [0.2, 0.25) is 0 Å². The molecule has 7 nitrogen and oxygen atoms in total. The molecule has 0 saturated heterocycles. The van der Waals surface area contributed by atoms with Gasteiger partial charge in [-0.05, 0) is 24.3 Å². The lowest BCUT2D eigenvalue weighted by molar-refractivity contribution is 0.432. The number of pyridine rings is 1. The summed E-state index contributed by atoms with van der Waals surface area (Å²) in [6, 6.07) is 11.4. The fourth-order valence-corrected chi connectivity index (χ4v) is 2.07. The molecule has 0 aliphatic carbocycles. The van der Waals surface area contributed by atoms with Crippen LogP contribution in [-0.2, 0) is 0 Å². The average molecular weight is 290 g/mol. The van der Waals surface area contributed by atoms with E-state index in [-0.39, 0.29) is 0 Å². The van der Waals surface area contributed by atoms with Crippen molar-refractivity contribution in [3.63, 3.8) is 0 Å².